The van der Waals surface area contributed by atoms with Crippen LogP contribution in [0, 0.1) is 16.7 Å². The van der Waals surface area contributed by atoms with E-state index in [-0.39, 0.29) is 28.3 Å². The molecule has 0 amide bonds. The maximum absolute atomic E-state index is 13.3. The lowest BCUT2D eigenvalue weighted by atomic mass is 9.61. The molecule has 1 aromatic carbocycles. The van der Waals surface area contributed by atoms with Crippen molar-refractivity contribution >= 4 is 23.2 Å². The number of fused-ring (bicyclic) bond motifs is 2. The first kappa shape index (κ1) is 17.0. The van der Waals surface area contributed by atoms with E-state index >= 15 is 0 Å². The maximum Gasteiger partial charge on any atom is 0.166 e. The third kappa shape index (κ3) is 2.10. The lowest BCUT2D eigenvalue weighted by Gasteiger charge is -2.40. The first-order valence-corrected chi connectivity index (χ1v) is 9.67. The van der Waals surface area contributed by atoms with Crippen LogP contribution in [0.3, 0.4) is 0 Å². The maximum atomic E-state index is 13.3. The van der Waals surface area contributed by atoms with Crippen LogP contribution in [0.4, 0.5) is 0 Å². The molecule has 0 saturated heterocycles. The van der Waals surface area contributed by atoms with Crippen LogP contribution in [0.5, 0.6) is 0 Å². The molecule has 3 heteroatoms. The summed E-state index contributed by atoms with van der Waals surface area (Å²) in [7, 11) is 0. The van der Waals surface area contributed by atoms with Crippen LogP contribution >= 0.6 is 11.6 Å². The zero-order chi connectivity index (χ0) is 18.0. The Hall–Kier alpha value is -1.41. The first-order chi connectivity index (χ1) is 11.7. The second-order valence-electron chi connectivity index (χ2n) is 8.88. The summed E-state index contributed by atoms with van der Waals surface area (Å²) < 4.78 is 0. The van der Waals surface area contributed by atoms with Crippen LogP contribution in [0.25, 0.3) is 0 Å². The summed E-state index contributed by atoms with van der Waals surface area (Å²) in [5.74, 6) is 0.528. The van der Waals surface area contributed by atoms with Gasteiger partial charge in [-0.25, -0.2) is 0 Å². The van der Waals surface area contributed by atoms with Crippen molar-refractivity contribution in [2.75, 3.05) is 0 Å². The van der Waals surface area contributed by atoms with E-state index < -0.39 is 5.41 Å². The molecule has 4 rings (SSSR count). The molecule has 0 aliphatic heterocycles. The second kappa shape index (κ2) is 5.30. The minimum absolute atomic E-state index is 0.0523. The largest absolute Gasteiger partial charge is 0.294 e. The standard InChI is InChI=1S/C22H25ClO2/c1-20(2)17-9-12-21(20,3)19(25)16(17)13-18(24)22(10-4-11-22)14-5-7-15(23)8-6-14/h5-8,13,17H,4,9-12H2,1-3H3/t17-,21+/m0/s1. The van der Waals surface area contributed by atoms with Gasteiger partial charge >= 0.3 is 0 Å². The third-order valence-electron chi connectivity index (χ3n) is 7.73. The van der Waals surface area contributed by atoms with E-state index in [0.717, 1.165) is 43.2 Å². The van der Waals surface area contributed by atoms with Crippen LogP contribution in [-0.4, -0.2) is 11.6 Å². The van der Waals surface area contributed by atoms with Crippen LogP contribution < -0.4 is 0 Å². The predicted molar refractivity (Wildman–Crippen MR) is 99.7 cm³/mol. The van der Waals surface area contributed by atoms with Gasteiger partial charge in [0, 0.05) is 16.0 Å². The highest BCUT2D eigenvalue weighted by Crippen LogP contribution is 2.65. The molecule has 0 N–H and O–H groups in total. The molecule has 2 atom stereocenters. The quantitative estimate of drug-likeness (QED) is 0.690. The van der Waals surface area contributed by atoms with Crippen molar-refractivity contribution in [2.45, 2.75) is 58.3 Å². The highest BCUT2D eigenvalue weighted by atomic mass is 35.5. The van der Waals surface area contributed by atoms with Gasteiger partial charge in [0.1, 0.15) is 0 Å². The van der Waals surface area contributed by atoms with Gasteiger partial charge in [0.15, 0.2) is 11.6 Å². The number of carbonyl (C=O) groups is 2. The highest BCUT2D eigenvalue weighted by molar-refractivity contribution is 6.30. The Balaban J connectivity index is 1.71. The first-order valence-electron chi connectivity index (χ1n) is 9.29. The van der Waals surface area contributed by atoms with E-state index in [9.17, 15) is 9.59 Å². The molecule has 3 aliphatic rings. The number of hydrogen-bond acceptors (Lipinski definition) is 2. The van der Waals surface area contributed by atoms with Crippen molar-refractivity contribution in [3.63, 3.8) is 0 Å². The number of halogens is 1. The highest BCUT2D eigenvalue weighted by Gasteiger charge is 2.64. The fourth-order valence-corrected chi connectivity index (χ4v) is 5.48. The van der Waals surface area contributed by atoms with Crippen LogP contribution in [0.1, 0.15) is 58.4 Å². The van der Waals surface area contributed by atoms with Crippen LogP contribution in [0.15, 0.2) is 35.9 Å². The fraction of sp³-hybridized carbons (Fsp3) is 0.545. The lowest BCUT2D eigenvalue weighted by Crippen LogP contribution is -2.42. The zero-order valence-corrected chi connectivity index (χ0v) is 16.0. The second-order valence-corrected chi connectivity index (χ2v) is 9.32. The number of carbonyl (C=O) groups excluding carboxylic acids is 2. The van der Waals surface area contributed by atoms with Crippen molar-refractivity contribution in [1.29, 1.82) is 0 Å². The van der Waals surface area contributed by atoms with Crippen molar-refractivity contribution < 1.29 is 9.59 Å². The minimum atomic E-state index is -0.454. The SMILES string of the molecule is CC1(C)[C@H]2CC[C@]1(C)C(=O)C2=CC(=O)C1(c2ccc(Cl)cc2)CCC1. The summed E-state index contributed by atoms with van der Waals surface area (Å²) >= 11 is 6.01. The van der Waals surface area contributed by atoms with Gasteiger partial charge in [0.2, 0.25) is 0 Å². The molecule has 3 saturated carbocycles. The van der Waals surface area contributed by atoms with Crippen molar-refractivity contribution in [1.82, 2.24) is 0 Å². The molecular weight excluding hydrogens is 332 g/mol. The molecular formula is C22H25ClO2. The Kier molecular flexibility index (Phi) is 3.61. The number of rotatable bonds is 3. The Morgan fingerprint density at radius 3 is 2.24 bits per heavy atom. The molecule has 25 heavy (non-hydrogen) atoms. The number of benzene rings is 1. The van der Waals surface area contributed by atoms with Crippen molar-refractivity contribution in [3.05, 3.63) is 46.5 Å². The van der Waals surface area contributed by atoms with E-state index in [2.05, 4.69) is 20.8 Å². The van der Waals surface area contributed by atoms with Crippen LogP contribution in [0.2, 0.25) is 5.02 Å². The average molecular weight is 357 g/mol. The van der Waals surface area contributed by atoms with Gasteiger partial charge in [-0.1, -0.05) is 50.9 Å². The third-order valence-corrected chi connectivity index (χ3v) is 7.98. The molecule has 2 bridgehead atoms. The number of Topliss-reactive ketones (excluding diaryl/α,β-unsaturated/α-hetero) is 1. The summed E-state index contributed by atoms with van der Waals surface area (Å²) in [5.41, 5.74) is 1.00. The van der Waals surface area contributed by atoms with Gasteiger partial charge in [0.05, 0.1) is 5.41 Å². The Morgan fingerprint density at radius 1 is 1.12 bits per heavy atom. The minimum Gasteiger partial charge on any atom is -0.294 e. The van der Waals surface area contributed by atoms with E-state index in [4.69, 9.17) is 11.6 Å². The van der Waals surface area contributed by atoms with Gasteiger partial charge < -0.3 is 0 Å². The summed E-state index contributed by atoms with van der Waals surface area (Å²) in [5, 5.41) is 0.682. The molecule has 3 fully saturated rings. The normalized spacial score (nSPS) is 33.5. The van der Waals surface area contributed by atoms with Gasteiger partial charge in [-0.3, -0.25) is 9.59 Å². The molecule has 0 heterocycles. The number of hydrogen-bond donors (Lipinski definition) is 0. The summed E-state index contributed by atoms with van der Waals surface area (Å²) in [6.07, 6.45) is 6.44. The van der Waals surface area contributed by atoms with Gasteiger partial charge in [-0.2, -0.15) is 0 Å². The monoisotopic (exact) mass is 356 g/mol. The molecule has 132 valence electrons. The molecule has 2 nitrogen and oxygen atoms in total. The fourth-order valence-electron chi connectivity index (χ4n) is 5.35. The van der Waals surface area contributed by atoms with E-state index in [1.807, 2.05) is 24.3 Å². The molecule has 1 aromatic rings. The molecule has 3 aliphatic carbocycles. The smallest absolute Gasteiger partial charge is 0.166 e. The average Bonchev–Trinajstić information content (AvgIpc) is 2.82. The van der Waals surface area contributed by atoms with Crippen LogP contribution in [-0.2, 0) is 15.0 Å². The topological polar surface area (TPSA) is 34.1 Å². The Morgan fingerprint density at radius 2 is 1.76 bits per heavy atom. The van der Waals surface area contributed by atoms with E-state index in [1.54, 1.807) is 6.08 Å². The molecule has 0 aromatic heterocycles. The summed E-state index contributed by atoms with van der Waals surface area (Å²) in [6.45, 7) is 6.46. The Bertz CT molecular complexity index is 783. The predicted octanol–water partition coefficient (Wildman–Crippen LogP) is 5.28. The van der Waals surface area contributed by atoms with Gasteiger partial charge in [-0.05, 0) is 60.8 Å². The van der Waals surface area contributed by atoms with Gasteiger partial charge in [0.25, 0.3) is 0 Å². The lowest BCUT2D eigenvalue weighted by molar-refractivity contribution is -0.126. The van der Waals surface area contributed by atoms with Crippen molar-refractivity contribution in [3.8, 4) is 0 Å². The van der Waals surface area contributed by atoms with E-state index in [1.165, 1.54) is 0 Å². The number of allylic oxidation sites excluding steroid dienone is 2. The summed E-state index contributed by atoms with van der Waals surface area (Å²) in [6, 6.07) is 7.63. The molecule has 0 unspecified atom stereocenters. The van der Waals surface area contributed by atoms with Gasteiger partial charge in [-0.15, -0.1) is 0 Å². The molecule has 0 spiro atoms. The van der Waals surface area contributed by atoms with Crippen molar-refractivity contribution in [2.24, 2.45) is 16.7 Å². The zero-order valence-electron chi connectivity index (χ0n) is 15.2. The Labute approximate surface area is 154 Å². The molecule has 0 radical (unpaired) electrons. The number of ketones is 2. The summed E-state index contributed by atoms with van der Waals surface area (Å²) in [4.78, 5) is 26.3. The van der Waals surface area contributed by atoms with E-state index in [0.29, 0.717) is 5.02 Å².